The van der Waals surface area contributed by atoms with Gasteiger partial charge in [0.15, 0.2) is 0 Å². The van der Waals surface area contributed by atoms with Gasteiger partial charge in [0.05, 0.1) is 5.41 Å². The lowest BCUT2D eigenvalue weighted by molar-refractivity contribution is -0.183. The van der Waals surface area contributed by atoms with E-state index < -0.39 is 5.60 Å². The first-order chi connectivity index (χ1) is 20.0. The predicted octanol–water partition coefficient (Wildman–Crippen LogP) is 4.95. The summed E-state index contributed by atoms with van der Waals surface area (Å²) >= 11 is 0. The third kappa shape index (κ3) is 6.02. The van der Waals surface area contributed by atoms with E-state index in [-0.39, 0.29) is 35.5 Å². The highest BCUT2D eigenvalue weighted by Crippen LogP contribution is 2.61. The zero-order valence-electron chi connectivity index (χ0n) is 25.6. The molecular formula is C33H46N4O5. The lowest BCUT2D eigenvalue weighted by Crippen LogP contribution is -2.61. The van der Waals surface area contributed by atoms with Crippen LogP contribution in [0.25, 0.3) is 5.57 Å². The molecule has 1 aromatic heterocycles. The van der Waals surface area contributed by atoms with E-state index in [1.165, 1.54) is 12.5 Å². The van der Waals surface area contributed by atoms with Crippen LogP contribution >= 0.6 is 0 Å². The van der Waals surface area contributed by atoms with Gasteiger partial charge in [-0.05, 0) is 113 Å². The minimum Gasteiger partial charge on any atom is -0.462 e. The fourth-order valence-electron chi connectivity index (χ4n) is 8.47. The first kappa shape index (κ1) is 29.0. The minimum absolute atomic E-state index is 0.00696. The molecule has 2 aliphatic heterocycles. The number of ether oxygens (including phenoxy) is 2. The Morgan fingerprint density at radius 1 is 1.07 bits per heavy atom. The van der Waals surface area contributed by atoms with Crippen molar-refractivity contribution in [3.05, 3.63) is 30.0 Å². The highest BCUT2D eigenvalue weighted by Gasteiger charge is 2.59. The maximum absolute atomic E-state index is 13.8. The molecule has 1 N–H and O–H groups in total. The third-order valence-corrected chi connectivity index (χ3v) is 10.0. The molecule has 1 aromatic rings. The molecule has 3 heterocycles. The zero-order valence-corrected chi connectivity index (χ0v) is 25.6. The van der Waals surface area contributed by atoms with E-state index in [1.54, 1.807) is 4.90 Å². The largest absolute Gasteiger partial charge is 0.462 e. The van der Waals surface area contributed by atoms with Gasteiger partial charge in [-0.1, -0.05) is 6.08 Å². The summed E-state index contributed by atoms with van der Waals surface area (Å²) in [4.78, 5) is 46.7. The molecule has 0 aromatic carbocycles. The summed E-state index contributed by atoms with van der Waals surface area (Å²) in [6.45, 7) is 10.00. The van der Waals surface area contributed by atoms with Crippen molar-refractivity contribution < 1.29 is 23.9 Å². The van der Waals surface area contributed by atoms with E-state index in [9.17, 15) is 14.4 Å². The lowest BCUT2D eigenvalue weighted by atomic mass is 9.48. The van der Waals surface area contributed by atoms with E-state index >= 15 is 0 Å². The monoisotopic (exact) mass is 578 g/mol. The van der Waals surface area contributed by atoms with Crippen LogP contribution in [0.3, 0.4) is 0 Å². The number of esters is 1. The standard InChI is InChI=1S/C33H46N4O5/c1-21(38)41-29-25-14-22-15-26(29)18-33(16-22,17-25)30(39)35-27-6-5-11-37(20-27)28-8-7-24(19-34-28)23-9-12-36(13-10-23)31(40)42-32(2,3)4/h7-9,19,22,25-27,29H,5-6,10-18,20H2,1-4H3,(H,35,39)/t22?,25?,26?,27-,29?,33?/m0/s1. The molecule has 9 nitrogen and oxygen atoms in total. The molecule has 7 rings (SSSR count). The Labute approximate surface area is 249 Å². The zero-order chi connectivity index (χ0) is 29.6. The van der Waals surface area contributed by atoms with E-state index in [0.717, 1.165) is 75.8 Å². The predicted molar refractivity (Wildman–Crippen MR) is 160 cm³/mol. The van der Waals surface area contributed by atoms with Crippen LogP contribution in [0.4, 0.5) is 10.6 Å². The number of nitrogens with one attached hydrogen (secondary N) is 1. The molecule has 4 saturated carbocycles. The van der Waals surface area contributed by atoms with Crippen LogP contribution < -0.4 is 10.2 Å². The maximum Gasteiger partial charge on any atom is 0.410 e. The van der Waals surface area contributed by atoms with E-state index in [2.05, 4.69) is 28.4 Å². The number of rotatable bonds is 5. The topological polar surface area (TPSA) is 101 Å². The summed E-state index contributed by atoms with van der Waals surface area (Å²) < 4.78 is 11.2. The number of carbonyl (C=O) groups excluding carboxylic acids is 3. The molecule has 6 aliphatic rings. The van der Waals surface area contributed by atoms with Gasteiger partial charge in [0.25, 0.3) is 0 Å². The second-order valence-corrected chi connectivity index (χ2v) is 14.4. The Balaban J connectivity index is 1.04. The summed E-state index contributed by atoms with van der Waals surface area (Å²) in [6.07, 6.45) is 11.3. The van der Waals surface area contributed by atoms with Crippen LogP contribution in [0.5, 0.6) is 0 Å². The molecule has 2 amide bonds. The normalized spacial score (nSPS) is 32.3. The Hall–Kier alpha value is -3.10. The molecule has 42 heavy (non-hydrogen) atoms. The van der Waals surface area contributed by atoms with E-state index in [0.29, 0.717) is 30.8 Å². The van der Waals surface area contributed by atoms with Gasteiger partial charge in [-0.2, -0.15) is 0 Å². The number of nitrogens with zero attached hydrogens (tertiary/aromatic N) is 3. The summed E-state index contributed by atoms with van der Waals surface area (Å²) in [5.41, 5.74) is 1.48. The molecule has 4 bridgehead atoms. The van der Waals surface area contributed by atoms with Crippen molar-refractivity contribution in [2.24, 2.45) is 23.2 Å². The van der Waals surface area contributed by atoms with Crippen LogP contribution in [-0.2, 0) is 19.1 Å². The van der Waals surface area contributed by atoms with E-state index in [1.807, 2.05) is 27.0 Å². The Bertz CT molecular complexity index is 1220. The maximum atomic E-state index is 13.8. The number of amides is 2. The van der Waals surface area contributed by atoms with Crippen LogP contribution in [0.15, 0.2) is 24.4 Å². The van der Waals surface area contributed by atoms with Crippen molar-refractivity contribution >= 4 is 29.4 Å². The lowest BCUT2D eigenvalue weighted by Gasteiger charge is -2.58. The molecular weight excluding hydrogens is 532 g/mol. The molecule has 1 saturated heterocycles. The average Bonchev–Trinajstić information content (AvgIpc) is 2.94. The Morgan fingerprint density at radius 2 is 1.83 bits per heavy atom. The van der Waals surface area contributed by atoms with Gasteiger partial charge in [-0.25, -0.2) is 9.78 Å². The highest BCUT2D eigenvalue weighted by molar-refractivity contribution is 5.83. The Morgan fingerprint density at radius 3 is 2.45 bits per heavy atom. The number of carbonyl (C=O) groups is 3. The second kappa shape index (κ2) is 11.2. The number of anilines is 1. The summed E-state index contributed by atoms with van der Waals surface area (Å²) in [7, 11) is 0. The van der Waals surface area contributed by atoms with Crippen molar-refractivity contribution in [1.82, 2.24) is 15.2 Å². The van der Waals surface area contributed by atoms with Crippen molar-refractivity contribution in [3.8, 4) is 0 Å². The van der Waals surface area contributed by atoms with Crippen molar-refractivity contribution in [1.29, 1.82) is 0 Å². The van der Waals surface area contributed by atoms with Gasteiger partial charge in [0.2, 0.25) is 5.91 Å². The third-order valence-electron chi connectivity index (χ3n) is 10.0. The van der Waals surface area contributed by atoms with Crippen LogP contribution in [0.1, 0.15) is 84.6 Å². The van der Waals surface area contributed by atoms with Crippen molar-refractivity contribution in [2.45, 2.75) is 96.8 Å². The molecule has 2 unspecified atom stereocenters. The minimum atomic E-state index is -0.498. The molecule has 3 atom stereocenters. The molecule has 228 valence electrons. The van der Waals surface area contributed by atoms with Gasteiger partial charge in [0, 0.05) is 45.3 Å². The van der Waals surface area contributed by atoms with Crippen LogP contribution in [0.2, 0.25) is 0 Å². The van der Waals surface area contributed by atoms with Crippen LogP contribution in [0, 0.1) is 23.2 Å². The second-order valence-electron chi connectivity index (χ2n) is 14.4. The molecule has 0 radical (unpaired) electrons. The summed E-state index contributed by atoms with van der Waals surface area (Å²) in [5, 5.41) is 3.45. The number of piperidine rings is 1. The highest BCUT2D eigenvalue weighted by atomic mass is 16.6. The fourth-order valence-corrected chi connectivity index (χ4v) is 8.47. The number of pyridine rings is 1. The van der Waals surface area contributed by atoms with Gasteiger partial charge >= 0.3 is 12.1 Å². The van der Waals surface area contributed by atoms with Gasteiger partial charge in [-0.15, -0.1) is 0 Å². The smallest absolute Gasteiger partial charge is 0.410 e. The molecule has 5 fully saturated rings. The number of hydrogen-bond donors (Lipinski definition) is 1. The first-order valence-corrected chi connectivity index (χ1v) is 15.8. The van der Waals surface area contributed by atoms with Gasteiger partial charge < -0.3 is 24.6 Å². The summed E-state index contributed by atoms with van der Waals surface area (Å²) in [5.74, 6) is 2.15. The SMILES string of the molecule is CC(=O)OC1C2CC3CC1CC(C(=O)N[C@H]1CCCN(c4ccc(C5=CCN(C(=O)OC(C)(C)C)CC5)cn4)C1)(C3)C2. The quantitative estimate of drug-likeness (QED) is 0.494. The van der Waals surface area contributed by atoms with Gasteiger partial charge in [0.1, 0.15) is 17.5 Å². The molecule has 9 heteroatoms. The van der Waals surface area contributed by atoms with Crippen molar-refractivity contribution in [2.75, 3.05) is 31.1 Å². The molecule has 4 aliphatic carbocycles. The summed E-state index contributed by atoms with van der Waals surface area (Å²) in [6, 6.07) is 4.30. The van der Waals surface area contributed by atoms with Crippen LogP contribution in [-0.4, -0.2) is 71.8 Å². The molecule has 0 spiro atoms. The number of hydrogen-bond acceptors (Lipinski definition) is 7. The number of aromatic nitrogens is 1. The fraction of sp³-hybridized carbons (Fsp3) is 0.697. The van der Waals surface area contributed by atoms with Crippen molar-refractivity contribution in [3.63, 3.8) is 0 Å². The van der Waals surface area contributed by atoms with Gasteiger partial charge in [-0.3, -0.25) is 9.59 Å². The van der Waals surface area contributed by atoms with E-state index in [4.69, 9.17) is 14.5 Å². The first-order valence-electron chi connectivity index (χ1n) is 15.8. The Kier molecular flexibility index (Phi) is 7.73. The average molecular weight is 579 g/mol.